The molecule has 0 bridgehead atoms. The zero-order valence-corrected chi connectivity index (χ0v) is 11.3. The summed E-state index contributed by atoms with van der Waals surface area (Å²) in [6, 6.07) is 2.44. The minimum absolute atomic E-state index is 0.183. The molecule has 0 unspecified atom stereocenters. The van der Waals surface area contributed by atoms with Crippen LogP contribution in [0.25, 0.3) is 21.5 Å². The van der Waals surface area contributed by atoms with Gasteiger partial charge in [0.2, 0.25) is 0 Å². The fraction of sp³-hybridized carbons (Fsp3) is 0.286. The highest BCUT2D eigenvalue weighted by atomic mass is 16.2. The molecule has 0 spiro atoms. The topological polar surface area (TPSA) is 78.1 Å². The van der Waals surface area contributed by atoms with Crippen LogP contribution in [0.5, 0.6) is 0 Å². The quantitative estimate of drug-likeness (QED) is 0.626. The molecule has 6 heteroatoms. The lowest BCUT2D eigenvalue weighted by atomic mass is 10.1. The molecule has 1 aromatic carbocycles. The van der Waals surface area contributed by atoms with Gasteiger partial charge in [0.1, 0.15) is 0 Å². The highest BCUT2D eigenvalue weighted by Gasteiger charge is 2.19. The molecule has 0 aliphatic heterocycles. The van der Waals surface area contributed by atoms with Gasteiger partial charge in [-0.15, -0.1) is 0 Å². The van der Waals surface area contributed by atoms with Gasteiger partial charge in [0, 0.05) is 13.1 Å². The molecule has 0 aliphatic carbocycles. The van der Waals surface area contributed by atoms with E-state index < -0.39 is 22.2 Å². The zero-order chi connectivity index (χ0) is 14.8. The predicted octanol–water partition coefficient (Wildman–Crippen LogP) is 0.0303. The van der Waals surface area contributed by atoms with Crippen LogP contribution < -0.4 is 22.2 Å². The maximum Gasteiger partial charge on any atom is 0.261 e. The third-order valence-corrected chi connectivity index (χ3v) is 3.64. The molecule has 2 heterocycles. The summed E-state index contributed by atoms with van der Waals surface area (Å²) in [4.78, 5) is 48.2. The Morgan fingerprint density at radius 1 is 0.750 bits per heavy atom. The van der Waals surface area contributed by atoms with Crippen molar-refractivity contribution in [3.8, 4) is 0 Å². The van der Waals surface area contributed by atoms with Crippen molar-refractivity contribution >= 4 is 21.5 Å². The Morgan fingerprint density at radius 2 is 1.10 bits per heavy atom. The summed E-state index contributed by atoms with van der Waals surface area (Å²) in [6.07, 6.45) is 0. The molecule has 20 heavy (non-hydrogen) atoms. The van der Waals surface area contributed by atoms with Crippen LogP contribution in [-0.4, -0.2) is 9.13 Å². The van der Waals surface area contributed by atoms with Gasteiger partial charge in [0.25, 0.3) is 22.2 Å². The summed E-state index contributed by atoms with van der Waals surface area (Å²) in [5.41, 5.74) is -1.73. The molecule has 0 radical (unpaired) electrons. The monoisotopic (exact) mass is 272 g/mol. The van der Waals surface area contributed by atoms with Crippen molar-refractivity contribution < 1.29 is 0 Å². The maximum absolute atomic E-state index is 12.2. The second kappa shape index (κ2) is 3.75. The minimum atomic E-state index is -0.448. The minimum Gasteiger partial charge on any atom is -0.277 e. The van der Waals surface area contributed by atoms with Gasteiger partial charge < -0.3 is 0 Å². The maximum atomic E-state index is 12.2. The largest absolute Gasteiger partial charge is 0.277 e. The fourth-order valence-corrected chi connectivity index (χ4v) is 2.58. The van der Waals surface area contributed by atoms with Crippen LogP contribution in [0.1, 0.15) is 19.9 Å². The van der Waals surface area contributed by atoms with E-state index in [1.807, 2.05) is 0 Å². The first-order valence-electron chi connectivity index (χ1n) is 6.23. The van der Waals surface area contributed by atoms with Crippen LogP contribution in [0.2, 0.25) is 0 Å². The number of nitrogens with zero attached hydrogens (tertiary/aromatic N) is 2. The molecule has 102 valence electrons. The summed E-state index contributed by atoms with van der Waals surface area (Å²) in [6.45, 7) is 3.47. The Hall–Kier alpha value is -2.50. The average molecular weight is 272 g/mol. The van der Waals surface area contributed by atoms with Crippen LogP contribution in [-0.2, 0) is 7.05 Å². The lowest BCUT2D eigenvalue weighted by Crippen LogP contribution is -2.27. The first-order valence-corrected chi connectivity index (χ1v) is 6.23. The summed E-state index contributed by atoms with van der Waals surface area (Å²) in [5.74, 6) is 0. The molecule has 3 aromatic rings. The van der Waals surface area contributed by atoms with Gasteiger partial charge in [0.05, 0.1) is 21.5 Å². The van der Waals surface area contributed by atoms with Crippen LogP contribution >= 0.6 is 0 Å². The van der Waals surface area contributed by atoms with Crippen molar-refractivity contribution in [2.24, 2.45) is 7.05 Å². The van der Waals surface area contributed by atoms with E-state index in [9.17, 15) is 19.2 Å². The van der Waals surface area contributed by atoms with Gasteiger partial charge in [-0.25, -0.2) is 0 Å². The van der Waals surface area contributed by atoms with Gasteiger partial charge in [-0.3, -0.25) is 28.3 Å². The predicted molar refractivity (Wildman–Crippen MR) is 76.3 cm³/mol. The van der Waals surface area contributed by atoms with Crippen LogP contribution in [0.15, 0.2) is 31.3 Å². The lowest BCUT2D eigenvalue weighted by molar-refractivity contribution is 0.574. The van der Waals surface area contributed by atoms with Crippen molar-refractivity contribution in [3.63, 3.8) is 0 Å². The molecule has 2 aromatic heterocycles. The number of benzene rings is 1. The molecule has 0 atom stereocenters. The normalized spacial score (nSPS) is 12.0. The second-order valence-electron chi connectivity index (χ2n) is 5.19. The lowest BCUT2D eigenvalue weighted by Gasteiger charge is -2.01. The summed E-state index contributed by atoms with van der Waals surface area (Å²) in [7, 11) is 1.37. The Morgan fingerprint density at radius 3 is 1.45 bits per heavy atom. The van der Waals surface area contributed by atoms with Gasteiger partial charge in [-0.05, 0) is 26.0 Å². The van der Waals surface area contributed by atoms with E-state index in [0.29, 0.717) is 0 Å². The first-order chi connectivity index (χ1) is 9.34. The van der Waals surface area contributed by atoms with Crippen LogP contribution in [0, 0.1) is 0 Å². The molecule has 0 N–H and O–H groups in total. The van der Waals surface area contributed by atoms with Crippen LogP contribution in [0.3, 0.4) is 0 Å². The molecule has 0 saturated heterocycles. The van der Waals surface area contributed by atoms with E-state index in [2.05, 4.69) is 0 Å². The van der Waals surface area contributed by atoms with Gasteiger partial charge in [0.15, 0.2) is 0 Å². The number of rotatable bonds is 1. The molecule has 6 nitrogen and oxygen atoms in total. The van der Waals surface area contributed by atoms with Crippen molar-refractivity contribution in [3.05, 3.63) is 53.5 Å². The number of fused-ring (bicyclic) bond motifs is 2. The van der Waals surface area contributed by atoms with Gasteiger partial charge in [-0.2, -0.15) is 0 Å². The average Bonchev–Trinajstić information content (AvgIpc) is 2.77. The number of hydrogen-bond donors (Lipinski definition) is 0. The Bertz CT molecular complexity index is 980. The van der Waals surface area contributed by atoms with Crippen molar-refractivity contribution in [2.45, 2.75) is 19.9 Å². The smallest absolute Gasteiger partial charge is 0.261 e. The van der Waals surface area contributed by atoms with E-state index in [0.717, 1.165) is 9.13 Å². The van der Waals surface area contributed by atoms with Gasteiger partial charge in [-0.1, -0.05) is 0 Å². The van der Waals surface area contributed by atoms with E-state index in [4.69, 9.17) is 0 Å². The van der Waals surface area contributed by atoms with E-state index in [-0.39, 0.29) is 27.6 Å². The van der Waals surface area contributed by atoms with Gasteiger partial charge >= 0.3 is 0 Å². The molecular weight excluding hydrogens is 260 g/mol. The Balaban J connectivity index is 2.66. The number of hydrogen-bond acceptors (Lipinski definition) is 4. The van der Waals surface area contributed by atoms with E-state index in [1.54, 1.807) is 13.8 Å². The number of aromatic nitrogens is 2. The standard InChI is InChI=1S/C14H12N2O4/c1-6(2)16-13(19)9-4-7-8(5-10(9)14(16)20)12(18)15(3)11(7)17/h4-6H,1-3H3. The van der Waals surface area contributed by atoms with Crippen molar-refractivity contribution in [1.29, 1.82) is 0 Å². The Kier molecular flexibility index (Phi) is 2.35. The Labute approximate surface area is 112 Å². The summed E-state index contributed by atoms with van der Waals surface area (Å²) in [5, 5.41) is 0.754. The summed E-state index contributed by atoms with van der Waals surface area (Å²) < 4.78 is 2.12. The van der Waals surface area contributed by atoms with E-state index >= 15 is 0 Å². The highest BCUT2D eigenvalue weighted by Crippen LogP contribution is 2.15. The highest BCUT2D eigenvalue weighted by molar-refractivity contribution is 5.97. The SMILES string of the molecule is CC(C)n1c(=O)c2cc3c(=O)n(C)c(=O)c3cc2c1=O. The van der Waals surface area contributed by atoms with Crippen molar-refractivity contribution in [2.75, 3.05) is 0 Å². The first kappa shape index (κ1) is 12.5. The third-order valence-electron chi connectivity index (χ3n) is 3.64. The van der Waals surface area contributed by atoms with E-state index in [1.165, 1.54) is 19.2 Å². The zero-order valence-electron chi connectivity index (χ0n) is 11.3. The van der Waals surface area contributed by atoms with Crippen molar-refractivity contribution in [1.82, 2.24) is 9.13 Å². The van der Waals surface area contributed by atoms with Crippen LogP contribution in [0.4, 0.5) is 0 Å². The molecule has 0 fully saturated rings. The summed E-state index contributed by atoms with van der Waals surface area (Å²) >= 11 is 0. The molecule has 3 rings (SSSR count). The second-order valence-corrected chi connectivity index (χ2v) is 5.19. The third kappa shape index (κ3) is 1.33. The fourth-order valence-electron chi connectivity index (χ4n) is 2.58. The molecular formula is C14H12N2O4. The molecule has 0 saturated carbocycles. The molecule has 0 aliphatic rings. The molecule has 0 amide bonds.